The van der Waals surface area contributed by atoms with Gasteiger partial charge in [-0.3, -0.25) is 4.79 Å². The number of halogens is 4. The monoisotopic (exact) mass is 238 g/mol. The van der Waals surface area contributed by atoms with Crippen molar-refractivity contribution in [2.24, 2.45) is 0 Å². The highest BCUT2D eigenvalue weighted by Gasteiger charge is 2.31. The lowest BCUT2D eigenvalue weighted by atomic mass is 10.2. The van der Waals surface area contributed by atoms with E-state index in [1.54, 1.807) is 0 Å². The van der Waals surface area contributed by atoms with Crippen molar-refractivity contribution in [2.75, 3.05) is 6.67 Å². The van der Waals surface area contributed by atoms with Crippen LogP contribution in [0.5, 0.6) is 5.75 Å². The van der Waals surface area contributed by atoms with E-state index in [-0.39, 0.29) is 16.3 Å². The minimum absolute atomic E-state index is 0.0595. The van der Waals surface area contributed by atoms with Crippen LogP contribution in [0.1, 0.15) is 10.4 Å². The summed E-state index contributed by atoms with van der Waals surface area (Å²) in [5.74, 6) is -0.354. The van der Waals surface area contributed by atoms with Gasteiger partial charge < -0.3 is 4.74 Å². The Morgan fingerprint density at radius 1 is 1.40 bits per heavy atom. The average Bonchev–Trinajstić information content (AvgIpc) is 2.16. The molecule has 0 saturated heterocycles. The first-order valence-corrected chi connectivity index (χ1v) is 4.23. The number of rotatable bonds is 4. The predicted octanol–water partition coefficient (Wildman–Crippen LogP) is 3.09. The second kappa shape index (κ2) is 4.53. The largest absolute Gasteiger partial charge is 0.431 e. The van der Waals surface area contributed by atoms with Gasteiger partial charge in [-0.2, -0.15) is 8.78 Å². The minimum Gasteiger partial charge on any atom is -0.431 e. The molecule has 0 heterocycles. The maximum atomic E-state index is 12.5. The van der Waals surface area contributed by atoms with Crippen molar-refractivity contribution in [3.63, 3.8) is 0 Å². The molecule has 0 unspecified atom stereocenters. The quantitative estimate of drug-likeness (QED) is 0.754. The number of alkyl halides is 3. The Morgan fingerprint density at radius 3 is 2.60 bits per heavy atom. The Morgan fingerprint density at radius 2 is 2.07 bits per heavy atom. The zero-order chi connectivity index (χ0) is 11.5. The first kappa shape index (κ1) is 11.8. The van der Waals surface area contributed by atoms with Crippen LogP contribution in [0.3, 0.4) is 0 Å². The van der Waals surface area contributed by atoms with Crippen LogP contribution in [0.15, 0.2) is 18.2 Å². The lowest BCUT2D eigenvalue weighted by molar-refractivity contribution is -0.186. The van der Waals surface area contributed by atoms with Gasteiger partial charge >= 0.3 is 6.11 Å². The molecule has 1 aromatic carbocycles. The summed E-state index contributed by atoms with van der Waals surface area (Å²) in [6, 6.07) is 3.38. The SMILES string of the molecule is O=Cc1cc(Cl)cc(OC(F)(F)CF)c1. The molecule has 0 aliphatic heterocycles. The molecule has 0 bridgehead atoms. The van der Waals surface area contributed by atoms with Gasteiger partial charge in [0.2, 0.25) is 0 Å². The van der Waals surface area contributed by atoms with Gasteiger partial charge in [0.15, 0.2) is 6.67 Å². The summed E-state index contributed by atoms with van der Waals surface area (Å²) in [4.78, 5) is 10.4. The highest BCUT2D eigenvalue weighted by atomic mass is 35.5. The van der Waals surface area contributed by atoms with Gasteiger partial charge in [-0.15, -0.1) is 0 Å². The van der Waals surface area contributed by atoms with Crippen molar-refractivity contribution >= 4 is 17.9 Å². The van der Waals surface area contributed by atoms with E-state index < -0.39 is 12.8 Å². The summed E-state index contributed by atoms with van der Waals surface area (Å²) < 4.78 is 40.7. The molecule has 0 aliphatic rings. The Balaban J connectivity index is 2.95. The van der Waals surface area contributed by atoms with E-state index in [1.807, 2.05) is 0 Å². The van der Waals surface area contributed by atoms with E-state index in [2.05, 4.69) is 4.74 Å². The molecule has 0 N–H and O–H groups in total. The molecule has 1 rings (SSSR count). The number of benzene rings is 1. The summed E-state index contributed by atoms with van der Waals surface area (Å²) in [7, 11) is 0. The van der Waals surface area contributed by atoms with Crippen LogP contribution in [-0.4, -0.2) is 19.1 Å². The Hall–Kier alpha value is -1.23. The maximum Gasteiger partial charge on any atom is 0.427 e. The van der Waals surface area contributed by atoms with Crippen molar-refractivity contribution in [1.82, 2.24) is 0 Å². The van der Waals surface area contributed by atoms with Crippen LogP contribution in [0, 0.1) is 0 Å². The second-order valence-electron chi connectivity index (χ2n) is 2.71. The topological polar surface area (TPSA) is 26.3 Å². The number of aldehydes is 1. The van der Waals surface area contributed by atoms with Crippen LogP contribution in [0.25, 0.3) is 0 Å². The molecule has 0 amide bonds. The maximum absolute atomic E-state index is 12.5. The highest BCUT2D eigenvalue weighted by Crippen LogP contribution is 2.26. The summed E-state index contributed by atoms with van der Waals surface area (Å²) in [5.41, 5.74) is 0.0761. The van der Waals surface area contributed by atoms with Gasteiger partial charge in [-0.05, 0) is 18.2 Å². The normalized spacial score (nSPS) is 11.2. The lowest BCUT2D eigenvalue weighted by Crippen LogP contribution is -2.27. The number of ether oxygens (including phenoxy) is 1. The fourth-order valence-corrected chi connectivity index (χ4v) is 1.14. The molecule has 0 aliphatic carbocycles. The summed E-state index contributed by atoms with van der Waals surface area (Å²) in [6.07, 6.45) is -3.49. The molecule has 0 spiro atoms. The molecule has 15 heavy (non-hydrogen) atoms. The number of carbonyl (C=O) groups excluding carboxylic acids is 1. The van der Waals surface area contributed by atoms with Crippen molar-refractivity contribution < 1.29 is 22.7 Å². The van der Waals surface area contributed by atoms with Crippen LogP contribution in [-0.2, 0) is 0 Å². The molecule has 6 heteroatoms. The van der Waals surface area contributed by atoms with Crippen LogP contribution in [0.2, 0.25) is 5.02 Å². The number of hydrogen-bond donors (Lipinski definition) is 0. The third-order valence-electron chi connectivity index (χ3n) is 1.45. The molecular weight excluding hydrogens is 233 g/mol. The first-order valence-electron chi connectivity index (χ1n) is 3.85. The summed E-state index contributed by atoms with van der Waals surface area (Å²) in [6.45, 7) is -1.95. The van der Waals surface area contributed by atoms with Gasteiger partial charge in [0.1, 0.15) is 12.0 Å². The van der Waals surface area contributed by atoms with Crippen LogP contribution < -0.4 is 4.74 Å². The average molecular weight is 239 g/mol. The molecular formula is C9H6ClF3O2. The van der Waals surface area contributed by atoms with E-state index >= 15 is 0 Å². The van der Waals surface area contributed by atoms with Gasteiger partial charge in [0.25, 0.3) is 0 Å². The molecule has 0 aromatic heterocycles. The predicted molar refractivity (Wildman–Crippen MR) is 48.4 cm³/mol. The third-order valence-corrected chi connectivity index (χ3v) is 1.67. The standard InChI is InChI=1S/C9H6ClF3O2/c10-7-1-6(4-14)2-8(3-7)15-9(12,13)5-11/h1-4H,5H2. The van der Waals surface area contributed by atoms with Gasteiger partial charge in [0, 0.05) is 10.6 Å². The minimum atomic E-state index is -3.91. The fourth-order valence-electron chi connectivity index (χ4n) is 0.911. The van der Waals surface area contributed by atoms with Crippen LogP contribution >= 0.6 is 11.6 Å². The molecule has 0 radical (unpaired) electrons. The van der Waals surface area contributed by atoms with E-state index in [0.717, 1.165) is 12.1 Å². The van der Waals surface area contributed by atoms with Crippen molar-refractivity contribution in [1.29, 1.82) is 0 Å². The first-order chi connectivity index (χ1) is 6.96. The van der Waals surface area contributed by atoms with Crippen LogP contribution in [0.4, 0.5) is 13.2 Å². The zero-order valence-corrected chi connectivity index (χ0v) is 8.10. The molecule has 2 nitrogen and oxygen atoms in total. The lowest BCUT2D eigenvalue weighted by Gasteiger charge is -2.14. The molecule has 0 atom stereocenters. The second-order valence-corrected chi connectivity index (χ2v) is 3.15. The molecule has 1 aromatic rings. The van der Waals surface area contributed by atoms with E-state index in [9.17, 15) is 18.0 Å². The van der Waals surface area contributed by atoms with Gasteiger partial charge in [-0.25, -0.2) is 4.39 Å². The van der Waals surface area contributed by atoms with Crippen molar-refractivity contribution in [3.05, 3.63) is 28.8 Å². The number of hydrogen-bond acceptors (Lipinski definition) is 2. The van der Waals surface area contributed by atoms with Crippen molar-refractivity contribution in [3.8, 4) is 5.75 Å². The van der Waals surface area contributed by atoms with E-state index in [1.165, 1.54) is 6.07 Å². The Kier molecular flexibility index (Phi) is 3.57. The van der Waals surface area contributed by atoms with Gasteiger partial charge in [-0.1, -0.05) is 11.6 Å². The van der Waals surface area contributed by atoms with E-state index in [0.29, 0.717) is 6.29 Å². The summed E-state index contributed by atoms with van der Waals surface area (Å²) >= 11 is 5.52. The fraction of sp³-hybridized carbons (Fsp3) is 0.222. The molecule has 0 fully saturated rings. The molecule has 82 valence electrons. The molecule has 0 saturated carbocycles. The zero-order valence-electron chi connectivity index (χ0n) is 7.34. The third kappa shape index (κ3) is 3.43. The van der Waals surface area contributed by atoms with Gasteiger partial charge in [0.05, 0.1) is 0 Å². The van der Waals surface area contributed by atoms with E-state index in [4.69, 9.17) is 11.6 Å². The Labute approximate surface area is 88.6 Å². The number of carbonyl (C=O) groups is 1. The smallest absolute Gasteiger partial charge is 0.427 e. The van der Waals surface area contributed by atoms with Crippen molar-refractivity contribution in [2.45, 2.75) is 6.11 Å². The highest BCUT2D eigenvalue weighted by molar-refractivity contribution is 6.31. The summed E-state index contributed by atoms with van der Waals surface area (Å²) in [5, 5.41) is 0.0595. The Bertz CT molecular complexity index is 368.